The molecule has 1 saturated heterocycles. The van der Waals surface area contributed by atoms with E-state index in [0.717, 1.165) is 83.4 Å². The summed E-state index contributed by atoms with van der Waals surface area (Å²) in [4.78, 5) is 22.2. The van der Waals surface area contributed by atoms with Crippen LogP contribution in [0.25, 0.3) is 22.3 Å². The molecule has 0 amide bonds. The molecule has 0 aliphatic carbocycles. The molecule has 10 nitrogen and oxygen atoms in total. The summed E-state index contributed by atoms with van der Waals surface area (Å²) in [5.41, 5.74) is 6.39. The second-order valence-corrected chi connectivity index (χ2v) is 13.1. The summed E-state index contributed by atoms with van der Waals surface area (Å²) in [6.07, 6.45) is 6.26. The first-order chi connectivity index (χ1) is 27.5. The Morgan fingerprint density at radius 2 is 0.839 bits per heavy atom. The largest absolute Gasteiger partial charge is 0.494 e. The van der Waals surface area contributed by atoms with Crippen LogP contribution in [-0.4, -0.2) is 64.2 Å². The number of esters is 2. The molecule has 4 aromatic carbocycles. The minimum atomic E-state index is -0.646. The molecule has 1 heterocycles. The Hall–Kier alpha value is -5.26. The van der Waals surface area contributed by atoms with Crippen LogP contribution in [0.2, 0.25) is 0 Å². The van der Waals surface area contributed by atoms with E-state index in [2.05, 4.69) is 37.4 Å². The quantitative estimate of drug-likeness (QED) is 0.0390. The molecule has 4 aromatic rings. The molecule has 56 heavy (non-hydrogen) atoms. The number of carbonyl (C=O) groups is 2. The fourth-order valence-corrected chi connectivity index (χ4v) is 5.78. The maximum Gasteiger partial charge on any atom is 0.330 e. The van der Waals surface area contributed by atoms with Crippen molar-refractivity contribution in [2.24, 2.45) is 0 Å². The Labute approximate surface area is 329 Å². The third-order valence-electron chi connectivity index (χ3n) is 8.92. The fourth-order valence-electron chi connectivity index (χ4n) is 5.78. The zero-order valence-corrected chi connectivity index (χ0v) is 31.9. The van der Waals surface area contributed by atoms with Crippen LogP contribution in [0.15, 0.2) is 122 Å². The molecule has 10 heteroatoms. The molecule has 0 unspecified atom stereocenters. The average molecular weight is 765 g/mol. The van der Waals surface area contributed by atoms with Gasteiger partial charge in [-0.1, -0.05) is 86.0 Å². The van der Waals surface area contributed by atoms with Crippen LogP contribution in [-0.2, 0) is 51.2 Å². The van der Waals surface area contributed by atoms with E-state index in [1.165, 1.54) is 12.2 Å². The monoisotopic (exact) mass is 764 g/mol. The lowest BCUT2D eigenvalue weighted by Gasteiger charge is -2.31. The molecule has 296 valence electrons. The normalized spacial score (nSPS) is 15.1. The van der Waals surface area contributed by atoms with Crippen molar-refractivity contribution in [1.82, 2.24) is 0 Å². The first-order valence-corrected chi connectivity index (χ1v) is 19.2. The van der Waals surface area contributed by atoms with Gasteiger partial charge >= 0.3 is 11.9 Å². The Kier molecular flexibility index (Phi) is 17.7. The molecular weight excluding hydrogens is 712 g/mol. The highest BCUT2D eigenvalue weighted by atomic mass is 16.8. The average Bonchev–Trinajstić information content (AvgIpc) is 3.25. The molecular formula is C46H52O10. The lowest BCUT2D eigenvalue weighted by molar-refractivity contribution is -0.326. The molecule has 2 atom stereocenters. The first kappa shape index (κ1) is 41.9. The summed E-state index contributed by atoms with van der Waals surface area (Å²) < 4.78 is 45.7. The summed E-state index contributed by atoms with van der Waals surface area (Å²) >= 11 is 0. The van der Waals surface area contributed by atoms with E-state index >= 15 is 0 Å². The second kappa shape index (κ2) is 23.6. The van der Waals surface area contributed by atoms with Gasteiger partial charge in [0.1, 0.15) is 11.5 Å². The third kappa shape index (κ3) is 14.4. The van der Waals surface area contributed by atoms with Gasteiger partial charge in [-0.25, -0.2) is 9.59 Å². The number of hydrogen-bond donors (Lipinski definition) is 0. The van der Waals surface area contributed by atoms with Crippen molar-refractivity contribution in [2.45, 2.75) is 64.3 Å². The van der Waals surface area contributed by atoms with Gasteiger partial charge in [0, 0.05) is 12.2 Å². The number of hydrogen-bond acceptors (Lipinski definition) is 10. The molecule has 0 bridgehead atoms. The number of carbonyl (C=O) groups excluding carboxylic acids is 2. The number of ether oxygens (including phenoxy) is 8. The van der Waals surface area contributed by atoms with Gasteiger partial charge in [0.2, 0.25) is 12.6 Å². The van der Waals surface area contributed by atoms with Crippen molar-refractivity contribution < 1.29 is 47.5 Å². The van der Waals surface area contributed by atoms with Gasteiger partial charge in [-0.05, 0) is 96.2 Å². The summed E-state index contributed by atoms with van der Waals surface area (Å²) in [5.74, 6) is 0.868. The Balaban J connectivity index is 0.992. The van der Waals surface area contributed by atoms with E-state index < -0.39 is 12.6 Å². The predicted octanol–water partition coefficient (Wildman–Crippen LogP) is 9.01. The molecule has 5 rings (SSSR count). The number of benzene rings is 4. The highest BCUT2D eigenvalue weighted by Gasteiger charge is 2.28. The van der Waals surface area contributed by atoms with Gasteiger partial charge in [-0.15, -0.1) is 0 Å². The minimum Gasteiger partial charge on any atom is -0.494 e. The molecule has 1 aliphatic rings. The smallest absolute Gasteiger partial charge is 0.330 e. The zero-order valence-electron chi connectivity index (χ0n) is 31.9. The summed E-state index contributed by atoms with van der Waals surface area (Å²) in [7, 11) is 0. The Morgan fingerprint density at radius 3 is 1.20 bits per heavy atom. The van der Waals surface area contributed by atoms with E-state index in [1.807, 2.05) is 72.8 Å². The van der Waals surface area contributed by atoms with Crippen LogP contribution in [0.5, 0.6) is 11.5 Å². The molecule has 0 aromatic heterocycles. The number of unbranched alkanes of at least 4 members (excludes halogenated alkanes) is 4. The Morgan fingerprint density at radius 1 is 0.500 bits per heavy atom. The maximum atomic E-state index is 11.1. The van der Waals surface area contributed by atoms with Crippen LogP contribution < -0.4 is 9.47 Å². The van der Waals surface area contributed by atoms with E-state index in [-0.39, 0.29) is 11.9 Å². The summed E-state index contributed by atoms with van der Waals surface area (Å²) in [6, 6.07) is 32.6. The van der Waals surface area contributed by atoms with Gasteiger partial charge in [0.05, 0.1) is 52.9 Å². The molecule has 0 spiro atoms. The summed E-state index contributed by atoms with van der Waals surface area (Å²) in [6.45, 7) is 10.4. The summed E-state index contributed by atoms with van der Waals surface area (Å²) in [5, 5.41) is 0. The van der Waals surface area contributed by atoms with Crippen LogP contribution in [0.3, 0.4) is 0 Å². The third-order valence-corrected chi connectivity index (χ3v) is 8.92. The number of rotatable bonds is 24. The van der Waals surface area contributed by atoms with E-state index in [4.69, 9.17) is 37.9 Å². The van der Waals surface area contributed by atoms with Gasteiger partial charge in [-0.3, -0.25) is 0 Å². The second-order valence-electron chi connectivity index (χ2n) is 13.1. The highest BCUT2D eigenvalue weighted by molar-refractivity contribution is 5.81. The van der Waals surface area contributed by atoms with Gasteiger partial charge < -0.3 is 37.9 Å². The molecule has 1 fully saturated rings. The first-order valence-electron chi connectivity index (χ1n) is 19.2. The van der Waals surface area contributed by atoms with Crippen LogP contribution in [0, 0.1) is 0 Å². The van der Waals surface area contributed by atoms with Gasteiger partial charge in [-0.2, -0.15) is 0 Å². The van der Waals surface area contributed by atoms with E-state index in [1.54, 1.807) is 0 Å². The van der Waals surface area contributed by atoms with Crippen molar-refractivity contribution in [2.75, 3.05) is 39.6 Å². The molecule has 0 radical (unpaired) electrons. The van der Waals surface area contributed by atoms with Crippen LogP contribution in [0.4, 0.5) is 0 Å². The van der Waals surface area contributed by atoms with Gasteiger partial charge in [0.25, 0.3) is 0 Å². The van der Waals surface area contributed by atoms with Crippen molar-refractivity contribution in [3.63, 3.8) is 0 Å². The fraction of sp³-hybridized carbons (Fsp3) is 0.348. The van der Waals surface area contributed by atoms with E-state index in [9.17, 15) is 9.59 Å². The minimum absolute atomic E-state index is 0.352. The van der Waals surface area contributed by atoms with Gasteiger partial charge in [0.15, 0.2) is 0 Å². The molecule has 1 aliphatic heterocycles. The SMILES string of the molecule is C=CC(=O)OCCCCCOc1ccc(-c2ccc(CO[C@H]3OCCO[C@@H]3OCc3ccc(-c4ccc(OCCCCCOC(=O)C=C)cc4)cc3)cc2)cc1. The van der Waals surface area contributed by atoms with Crippen molar-refractivity contribution in [3.05, 3.63) is 133 Å². The van der Waals surface area contributed by atoms with Crippen molar-refractivity contribution >= 4 is 11.9 Å². The predicted molar refractivity (Wildman–Crippen MR) is 214 cm³/mol. The maximum absolute atomic E-state index is 11.1. The lowest BCUT2D eigenvalue weighted by Crippen LogP contribution is -2.41. The van der Waals surface area contributed by atoms with Crippen molar-refractivity contribution in [1.29, 1.82) is 0 Å². The zero-order chi connectivity index (χ0) is 39.2. The highest BCUT2D eigenvalue weighted by Crippen LogP contribution is 2.26. The topological polar surface area (TPSA) is 108 Å². The van der Waals surface area contributed by atoms with Crippen molar-refractivity contribution in [3.8, 4) is 33.8 Å². The standard InChI is InChI=1S/C46H52O10/c1-3-43(47)51-29-9-5-7-27-49-41-23-19-39(20-24-41)37-15-11-35(12-16-37)33-55-45-46(54-32-31-53-45)56-34-36-13-17-38(18-14-36)40-21-25-42(26-22-40)50-28-8-6-10-30-52-44(48)4-2/h3-4,11-26,45-46H,1-2,5-10,27-34H2/t45-,46-/m1/s1. The Bertz CT molecular complexity index is 1640. The molecule has 0 N–H and O–H groups in total. The lowest BCUT2D eigenvalue weighted by atomic mass is 10.0. The van der Waals surface area contributed by atoms with Crippen LogP contribution in [0.1, 0.15) is 49.7 Å². The van der Waals surface area contributed by atoms with E-state index in [0.29, 0.717) is 52.9 Å². The molecule has 0 saturated carbocycles. The van der Waals surface area contributed by atoms with Crippen LogP contribution >= 0.6 is 0 Å².